The van der Waals surface area contributed by atoms with Crippen LogP contribution in [0.25, 0.3) is 0 Å². The molecule has 0 aromatic heterocycles. The van der Waals surface area contributed by atoms with Crippen molar-refractivity contribution in [2.75, 3.05) is 26.7 Å². The molecule has 2 unspecified atom stereocenters. The van der Waals surface area contributed by atoms with Crippen molar-refractivity contribution in [1.82, 2.24) is 10.2 Å². The van der Waals surface area contributed by atoms with Gasteiger partial charge in [-0.05, 0) is 45.7 Å². The minimum absolute atomic E-state index is 0.264. The zero-order valence-electron chi connectivity index (χ0n) is 11.1. The highest BCUT2D eigenvalue weighted by Gasteiger charge is 2.40. The van der Waals surface area contributed by atoms with Gasteiger partial charge in [-0.15, -0.1) is 0 Å². The SMILES string of the molecule is CN1CCC(NC2CCOC3(CCCC3)C2)C1. The van der Waals surface area contributed by atoms with Crippen molar-refractivity contribution in [3.63, 3.8) is 0 Å². The molecule has 1 saturated carbocycles. The van der Waals surface area contributed by atoms with E-state index in [4.69, 9.17) is 4.74 Å². The largest absolute Gasteiger partial charge is 0.375 e. The first-order valence-corrected chi connectivity index (χ1v) is 7.34. The van der Waals surface area contributed by atoms with Gasteiger partial charge >= 0.3 is 0 Å². The Morgan fingerprint density at radius 2 is 2.00 bits per heavy atom. The Hall–Kier alpha value is -0.120. The van der Waals surface area contributed by atoms with E-state index >= 15 is 0 Å². The molecule has 3 nitrogen and oxygen atoms in total. The minimum atomic E-state index is 0.264. The summed E-state index contributed by atoms with van der Waals surface area (Å²) in [7, 11) is 2.23. The number of ether oxygens (including phenoxy) is 1. The summed E-state index contributed by atoms with van der Waals surface area (Å²) in [6.07, 6.45) is 9.14. The maximum Gasteiger partial charge on any atom is 0.0697 e. The summed E-state index contributed by atoms with van der Waals surface area (Å²) >= 11 is 0. The molecular formula is C14H26N2O. The molecule has 0 amide bonds. The molecule has 0 radical (unpaired) electrons. The average molecular weight is 238 g/mol. The van der Waals surface area contributed by atoms with Gasteiger partial charge in [0.15, 0.2) is 0 Å². The van der Waals surface area contributed by atoms with Gasteiger partial charge < -0.3 is 15.0 Å². The lowest BCUT2D eigenvalue weighted by atomic mass is 9.88. The van der Waals surface area contributed by atoms with Crippen LogP contribution in [0.3, 0.4) is 0 Å². The number of rotatable bonds is 2. The molecule has 3 fully saturated rings. The number of nitrogens with zero attached hydrogens (tertiary/aromatic N) is 1. The quantitative estimate of drug-likeness (QED) is 0.793. The predicted octanol–water partition coefficient (Wildman–Crippen LogP) is 1.77. The summed E-state index contributed by atoms with van der Waals surface area (Å²) in [5, 5.41) is 3.88. The molecule has 17 heavy (non-hydrogen) atoms. The van der Waals surface area contributed by atoms with Crippen LogP contribution in [-0.4, -0.2) is 49.3 Å². The molecule has 3 rings (SSSR count). The van der Waals surface area contributed by atoms with Crippen LogP contribution in [0.15, 0.2) is 0 Å². The second-order valence-corrected chi connectivity index (χ2v) is 6.34. The van der Waals surface area contributed by atoms with Gasteiger partial charge in [-0.3, -0.25) is 0 Å². The summed E-state index contributed by atoms with van der Waals surface area (Å²) in [6, 6.07) is 1.43. The lowest BCUT2D eigenvalue weighted by molar-refractivity contribution is -0.0845. The summed E-state index contributed by atoms with van der Waals surface area (Å²) < 4.78 is 6.09. The third kappa shape index (κ3) is 2.67. The Bertz CT molecular complexity index is 263. The third-order valence-electron chi connectivity index (χ3n) is 4.87. The average Bonchev–Trinajstić information content (AvgIpc) is 2.89. The van der Waals surface area contributed by atoms with Gasteiger partial charge in [-0.2, -0.15) is 0 Å². The second-order valence-electron chi connectivity index (χ2n) is 6.34. The van der Waals surface area contributed by atoms with Crippen LogP contribution in [-0.2, 0) is 4.74 Å². The first-order chi connectivity index (χ1) is 8.26. The molecule has 2 aliphatic heterocycles. The van der Waals surface area contributed by atoms with E-state index in [2.05, 4.69) is 17.3 Å². The van der Waals surface area contributed by atoms with Gasteiger partial charge in [0.05, 0.1) is 5.60 Å². The smallest absolute Gasteiger partial charge is 0.0697 e. The van der Waals surface area contributed by atoms with Crippen LogP contribution < -0.4 is 5.32 Å². The van der Waals surface area contributed by atoms with Crippen molar-refractivity contribution in [3.8, 4) is 0 Å². The standard InChI is InChI=1S/C14H26N2O/c1-16-8-4-13(11-16)15-12-5-9-17-14(10-12)6-2-3-7-14/h12-13,15H,2-11H2,1H3. The summed E-state index contributed by atoms with van der Waals surface area (Å²) in [5.41, 5.74) is 0.264. The number of nitrogens with one attached hydrogen (secondary N) is 1. The lowest BCUT2D eigenvalue weighted by Gasteiger charge is -2.39. The van der Waals surface area contributed by atoms with Gasteiger partial charge in [-0.1, -0.05) is 12.8 Å². The third-order valence-corrected chi connectivity index (χ3v) is 4.87. The number of likely N-dealkylation sites (N-methyl/N-ethyl adjacent to an activating group) is 1. The number of hydrogen-bond acceptors (Lipinski definition) is 3. The molecule has 1 N–H and O–H groups in total. The van der Waals surface area contributed by atoms with Crippen LogP contribution in [0, 0.1) is 0 Å². The van der Waals surface area contributed by atoms with Crippen molar-refractivity contribution < 1.29 is 4.74 Å². The van der Waals surface area contributed by atoms with Gasteiger partial charge in [0.1, 0.15) is 0 Å². The van der Waals surface area contributed by atoms with E-state index in [-0.39, 0.29) is 5.60 Å². The van der Waals surface area contributed by atoms with Gasteiger partial charge in [-0.25, -0.2) is 0 Å². The molecule has 0 bridgehead atoms. The fourth-order valence-electron chi connectivity index (χ4n) is 3.94. The topological polar surface area (TPSA) is 24.5 Å². The molecule has 3 heteroatoms. The molecule has 2 saturated heterocycles. The van der Waals surface area contributed by atoms with Crippen molar-refractivity contribution in [1.29, 1.82) is 0 Å². The Morgan fingerprint density at radius 3 is 2.71 bits per heavy atom. The maximum absolute atomic E-state index is 6.09. The van der Waals surface area contributed by atoms with E-state index in [1.165, 1.54) is 58.0 Å². The number of hydrogen-bond donors (Lipinski definition) is 1. The van der Waals surface area contributed by atoms with Gasteiger partial charge in [0.2, 0.25) is 0 Å². The van der Waals surface area contributed by atoms with Crippen molar-refractivity contribution in [3.05, 3.63) is 0 Å². The Morgan fingerprint density at radius 1 is 1.18 bits per heavy atom. The molecule has 2 heterocycles. The fraction of sp³-hybridized carbons (Fsp3) is 1.00. The van der Waals surface area contributed by atoms with Crippen LogP contribution in [0.1, 0.15) is 44.9 Å². The van der Waals surface area contributed by atoms with E-state index in [0.29, 0.717) is 6.04 Å². The Kier molecular flexibility index (Phi) is 3.42. The zero-order chi connectivity index (χ0) is 11.7. The predicted molar refractivity (Wildman–Crippen MR) is 69.2 cm³/mol. The normalized spacial score (nSPS) is 37.9. The van der Waals surface area contributed by atoms with Gasteiger partial charge in [0.25, 0.3) is 0 Å². The molecule has 1 spiro atoms. The Labute approximate surface area is 105 Å². The minimum Gasteiger partial charge on any atom is -0.375 e. The van der Waals surface area contributed by atoms with Crippen molar-refractivity contribution in [2.45, 2.75) is 62.6 Å². The van der Waals surface area contributed by atoms with Crippen LogP contribution in [0.4, 0.5) is 0 Å². The molecule has 0 aromatic carbocycles. The number of likely N-dealkylation sites (tertiary alicyclic amines) is 1. The van der Waals surface area contributed by atoms with E-state index < -0.39 is 0 Å². The second kappa shape index (κ2) is 4.87. The zero-order valence-corrected chi connectivity index (χ0v) is 11.1. The molecule has 2 atom stereocenters. The highest BCUT2D eigenvalue weighted by Crippen LogP contribution is 2.40. The molecular weight excluding hydrogens is 212 g/mol. The molecule has 0 aromatic rings. The van der Waals surface area contributed by atoms with Gasteiger partial charge in [0, 0.05) is 25.2 Å². The summed E-state index contributed by atoms with van der Waals surface area (Å²) in [6.45, 7) is 3.45. The van der Waals surface area contributed by atoms with Crippen LogP contribution >= 0.6 is 0 Å². The van der Waals surface area contributed by atoms with E-state index in [9.17, 15) is 0 Å². The maximum atomic E-state index is 6.09. The summed E-state index contributed by atoms with van der Waals surface area (Å²) in [5.74, 6) is 0. The van der Waals surface area contributed by atoms with E-state index in [1.807, 2.05) is 0 Å². The highest BCUT2D eigenvalue weighted by atomic mass is 16.5. The van der Waals surface area contributed by atoms with Crippen LogP contribution in [0.5, 0.6) is 0 Å². The van der Waals surface area contributed by atoms with E-state index in [0.717, 1.165) is 12.6 Å². The Balaban J connectivity index is 1.53. The monoisotopic (exact) mass is 238 g/mol. The van der Waals surface area contributed by atoms with Crippen molar-refractivity contribution in [2.24, 2.45) is 0 Å². The van der Waals surface area contributed by atoms with Crippen molar-refractivity contribution >= 4 is 0 Å². The fourth-order valence-corrected chi connectivity index (χ4v) is 3.94. The first kappa shape index (κ1) is 11.9. The highest BCUT2D eigenvalue weighted by molar-refractivity contribution is 4.95. The molecule has 3 aliphatic rings. The van der Waals surface area contributed by atoms with Crippen LogP contribution in [0.2, 0.25) is 0 Å². The lowest BCUT2D eigenvalue weighted by Crippen LogP contribution is -2.49. The van der Waals surface area contributed by atoms with E-state index in [1.54, 1.807) is 0 Å². The summed E-state index contributed by atoms with van der Waals surface area (Å²) in [4.78, 5) is 2.43. The molecule has 1 aliphatic carbocycles. The molecule has 98 valence electrons. The first-order valence-electron chi connectivity index (χ1n) is 7.34.